The van der Waals surface area contributed by atoms with E-state index < -0.39 is 10.0 Å². The predicted octanol–water partition coefficient (Wildman–Crippen LogP) is 0.605. The van der Waals surface area contributed by atoms with Crippen LogP contribution in [0, 0.1) is 6.92 Å². The van der Waals surface area contributed by atoms with E-state index >= 15 is 0 Å². The Morgan fingerprint density at radius 1 is 1.21 bits per heavy atom. The second kappa shape index (κ2) is 10.0. The molecule has 33 heavy (non-hydrogen) atoms. The molecule has 2 aliphatic rings. The van der Waals surface area contributed by atoms with Crippen LogP contribution in [0.1, 0.15) is 36.1 Å². The van der Waals surface area contributed by atoms with Gasteiger partial charge in [0.2, 0.25) is 21.9 Å². The molecule has 0 bridgehead atoms. The normalized spacial score (nSPS) is 16.6. The van der Waals surface area contributed by atoms with Gasteiger partial charge in [0, 0.05) is 43.4 Å². The van der Waals surface area contributed by atoms with Crippen LogP contribution in [-0.2, 0) is 32.5 Å². The van der Waals surface area contributed by atoms with Gasteiger partial charge in [-0.1, -0.05) is 12.1 Å². The van der Waals surface area contributed by atoms with Crippen LogP contribution in [0.4, 0.5) is 5.95 Å². The molecule has 1 aromatic heterocycles. The number of amides is 1. The van der Waals surface area contributed by atoms with Crippen LogP contribution in [-0.4, -0.2) is 56.6 Å². The predicted molar refractivity (Wildman–Crippen MR) is 123 cm³/mol. The van der Waals surface area contributed by atoms with Crippen molar-refractivity contribution in [1.29, 1.82) is 0 Å². The van der Waals surface area contributed by atoms with E-state index in [1.807, 2.05) is 4.90 Å². The molecule has 3 N–H and O–H groups in total. The van der Waals surface area contributed by atoms with Crippen molar-refractivity contribution >= 4 is 21.9 Å². The van der Waals surface area contributed by atoms with E-state index in [1.165, 1.54) is 12.1 Å². The highest BCUT2D eigenvalue weighted by molar-refractivity contribution is 7.89. The lowest BCUT2D eigenvalue weighted by Gasteiger charge is -2.27. The topological polar surface area (TPSA) is 133 Å². The zero-order valence-electron chi connectivity index (χ0n) is 18.6. The highest BCUT2D eigenvalue weighted by atomic mass is 32.2. The molecular formula is C22H29N5O5S. The highest BCUT2D eigenvalue weighted by Gasteiger charge is 2.27. The van der Waals surface area contributed by atoms with Gasteiger partial charge in [-0.15, -0.1) is 0 Å². The van der Waals surface area contributed by atoms with Crippen LogP contribution >= 0.6 is 0 Å². The number of aromatic nitrogens is 2. The fraction of sp³-hybridized carbons (Fsp3) is 0.500. The van der Waals surface area contributed by atoms with E-state index in [2.05, 4.69) is 20.0 Å². The molecule has 0 spiro atoms. The van der Waals surface area contributed by atoms with Crippen LogP contribution < -0.4 is 20.5 Å². The number of aryl methyl sites for hydroxylation is 1. The quantitative estimate of drug-likeness (QED) is 0.484. The molecule has 1 amide bonds. The maximum Gasteiger partial charge on any atom is 0.255 e. The molecular weight excluding hydrogens is 446 g/mol. The lowest BCUT2D eigenvalue weighted by molar-refractivity contribution is -0.121. The van der Waals surface area contributed by atoms with Crippen LogP contribution in [0.2, 0.25) is 0 Å². The molecule has 2 aromatic rings. The number of hydrogen-bond donors (Lipinski definition) is 3. The summed E-state index contributed by atoms with van der Waals surface area (Å²) in [5.41, 5.74) is 1.68. The van der Waals surface area contributed by atoms with Crippen molar-refractivity contribution in [3.05, 3.63) is 51.4 Å². The van der Waals surface area contributed by atoms with Gasteiger partial charge in [-0.05, 0) is 43.9 Å². The van der Waals surface area contributed by atoms with Gasteiger partial charge in [-0.2, -0.15) is 0 Å². The average Bonchev–Trinajstić information content (AvgIpc) is 3.61. The molecule has 2 heterocycles. The number of ether oxygens (including phenoxy) is 1. The third kappa shape index (κ3) is 6.18. The van der Waals surface area contributed by atoms with E-state index in [-0.39, 0.29) is 41.8 Å². The van der Waals surface area contributed by atoms with Crippen molar-refractivity contribution in [2.45, 2.75) is 50.1 Å². The van der Waals surface area contributed by atoms with Crippen molar-refractivity contribution in [3.8, 4) is 0 Å². The van der Waals surface area contributed by atoms with E-state index in [0.29, 0.717) is 43.5 Å². The summed E-state index contributed by atoms with van der Waals surface area (Å²) in [6.07, 6.45) is 2.19. The Balaban J connectivity index is 1.28. The molecule has 1 saturated heterocycles. The monoisotopic (exact) mass is 475 g/mol. The molecule has 0 atom stereocenters. The summed E-state index contributed by atoms with van der Waals surface area (Å²) in [5.74, 6) is 0.338. The van der Waals surface area contributed by atoms with Crippen molar-refractivity contribution in [3.63, 3.8) is 0 Å². The van der Waals surface area contributed by atoms with E-state index in [0.717, 1.165) is 18.4 Å². The van der Waals surface area contributed by atoms with E-state index in [1.54, 1.807) is 19.1 Å². The number of nitrogens with one attached hydrogen (secondary N) is 3. The number of anilines is 1. The number of nitrogens with zero attached hydrogens (tertiary/aromatic N) is 2. The number of carbonyl (C=O) groups is 1. The lowest BCUT2D eigenvalue weighted by atomic mass is 10.1. The number of aromatic amines is 1. The number of H-pyrrole nitrogens is 1. The van der Waals surface area contributed by atoms with Gasteiger partial charge < -0.3 is 15.0 Å². The highest BCUT2D eigenvalue weighted by Crippen LogP contribution is 2.22. The molecule has 178 valence electrons. The van der Waals surface area contributed by atoms with E-state index in [4.69, 9.17) is 4.74 Å². The first-order valence-electron chi connectivity index (χ1n) is 11.1. The van der Waals surface area contributed by atoms with Crippen molar-refractivity contribution in [2.24, 2.45) is 0 Å². The second-order valence-electron chi connectivity index (χ2n) is 8.37. The van der Waals surface area contributed by atoms with Gasteiger partial charge in [0.1, 0.15) is 0 Å². The first-order valence-corrected chi connectivity index (χ1v) is 12.6. The molecule has 2 fully saturated rings. The molecule has 11 heteroatoms. The average molecular weight is 476 g/mol. The summed E-state index contributed by atoms with van der Waals surface area (Å²) in [6.45, 7) is 4.60. The Hall–Kier alpha value is -2.76. The molecule has 1 aliphatic carbocycles. The molecule has 1 aromatic carbocycles. The lowest BCUT2D eigenvalue weighted by Crippen LogP contribution is -2.38. The van der Waals surface area contributed by atoms with Crippen molar-refractivity contribution < 1.29 is 17.9 Å². The van der Waals surface area contributed by atoms with Crippen molar-refractivity contribution in [1.82, 2.24) is 20.0 Å². The smallest absolute Gasteiger partial charge is 0.255 e. The summed E-state index contributed by atoms with van der Waals surface area (Å²) in [4.78, 5) is 34.4. The molecule has 1 saturated carbocycles. The first kappa shape index (κ1) is 23.4. The Bertz CT molecular complexity index is 1150. The van der Waals surface area contributed by atoms with E-state index in [9.17, 15) is 18.0 Å². The fourth-order valence-electron chi connectivity index (χ4n) is 3.62. The third-order valence-electron chi connectivity index (χ3n) is 5.74. The van der Waals surface area contributed by atoms with Gasteiger partial charge in [-0.25, -0.2) is 18.1 Å². The van der Waals surface area contributed by atoms with Gasteiger partial charge in [0.05, 0.1) is 18.1 Å². The maximum atomic E-state index is 12.5. The van der Waals surface area contributed by atoms with Gasteiger partial charge in [0.15, 0.2) is 0 Å². The van der Waals surface area contributed by atoms with Gasteiger partial charge >= 0.3 is 0 Å². The molecule has 0 radical (unpaired) electrons. The van der Waals surface area contributed by atoms with Gasteiger partial charge in [0.25, 0.3) is 5.56 Å². The first-order chi connectivity index (χ1) is 15.8. The number of rotatable bonds is 9. The number of hydrogen-bond acceptors (Lipinski definition) is 7. The molecule has 10 nitrogen and oxygen atoms in total. The zero-order valence-corrected chi connectivity index (χ0v) is 19.4. The molecule has 4 rings (SSSR count). The SMILES string of the molecule is Cc1nc(N2CCOCC2)[nH]c(=O)c1CCC(=O)NCc1ccc(S(=O)(=O)NC2CC2)cc1. The Morgan fingerprint density at radius 3 is 2.55 bits per heavy atom. The zero-order chi connectivity index (χ0) is 23.4. The number of carbonyl (C=O) groups excluding carboxylic acids is 1. The van der Waals surface area contributed by atoms with Crippen molar-refractivity contribution in [2.75, 3.05) is 31.2 Å². The minimum Gasteiger partial charge on any atom is -0.378 e. The standard InChI is InChI=1S/C22H29N5O5S/c1-15-19(21(29)25-22(24-15)27-10-12-32-13-11-27)8-9-20(28)23-14-16-2-6-18(7-3-16)33(30,31)26-17-4-5-17/h2-3,6-7,17,26H,4-5,8-14H2,1H3,(H,23,28)(H,24,25,29). The Kier molecular flexibility index (Phi) is 7.11. The summed E-state index contributed by atoms with van der Waals surface area (Å²) in [6, 6.07) is 6.50. The Labute approximate surface area is 192 Å². The Morgan fingerprint density at radius 2 is 1.91 bits per heavy atom. The second-order valence-corrected chi connectivity index (χ2v) is 10.1. The van der Waals surface area contributed by atoms with Crippen LogP contribution in [0.3, 0.4) is 0 Å². The van der Waals surface area contributed by atoms with Crippen LogP contribution in [0.15, 0.2) is 34.0 Å². The summed E-state index contributed by atoms with van der Waals surface area (Å²) in [5, 5.41) is 2.81. The number of benzene rings is 1. The minimum atomic E-state index is -3.49. The minimum absolute atomic E-state index is 0.0515. The molecule has 1 aliphatic heterocycles. The summed E-state index contributed by atoms with van der Waals surface area (Å²) in [7, 11) is -3.49. The third-order valence-corrected chi connectivity index (χ3v) is 7.28. The number of morpholine rings is 1. The largest absolute Gasteiger partial charge is 0.378 e. The van der Waals surface area contributed by atoms with Crippen LogP contribution in [0.5, 0.6) is 0 Å². The maximum absolute atomic E-state index is 12.5. The molecule has 0 unspecified atom stereocenters. The summed E-state index contributed by atoms with van der Waals surface area (Å²) < 4.78 is 32.4. The number of sulfonamides is 1. The fourth-order valence-corrected chi connectivity index (χ4v) is 4.92. The summed E-state index contributed by atoms with van der Waals surface area (Å²) >= 11 is 0. The van der Waals surface area contributed by atoms with Gasteiger partial charge in [-0.3, -0.25) is 14.6 Å². The van der Waals surface area contributed by atoms with Crippen LogP contribution in [0.25, 0.3) is 0 Å².